The summed E-state index contributed by atoms with van der Waals surface area (Å²) in [7, 11) is 0. The van der Waals surface area contributed by atoms with Crippen molar-refractivity contribution in [3.63, 3.8) is 0 Å². The molecule has 0 N–H and O–H groups in total. The standard InChI is InChI=1S/C48H31NO/c1-4-15-39-32(10-1)13-7-18-41(39)35-22-27-37(28-23-35)49(38-29-24-36(25-30-38)42-19-8-14-33-11-2-5-16-40(33)42)45-20-9-21-46-47(45)44-31-26-34-12-3-6-17-43(34)48(44)50-46/h1-31H/i1D,3D,4D,6D,7D,9D,10D,12D,13D,15D,17D,18D,20D,21D,22D,23D,24D,25D,26D,27D,28D,29D,30D,31D. The normalized spacial score (nSPS) is 18.3. The summed E-state index contributed by atoms with van der Waals surface area (Å²) >= 11 is 0. The molecule has 0 bridgehead atoms. The Balaban J connectivity index is 1.43. The first kappa shape index (κ1) is 13.3. The van der Waals surface area contributed by atoms with Crippen molar-refractivity contribution in [2.45, 2.75) is 0 Å². The Morgan fingerprint density at radius 2 is 1.06 bits per heavy atom. The lowest BCUT2D eigenvalue weighted by Crippen LogP contribution is -2.10. The van der Waals surface area contributed by atoms with Crippen LogP contribution < -0.4 is 4.90 Å². The van der Waals surface area contributed by atoms with Crippen LogP contribution in [0.3, 0.4) is 0 Å². The van der Waals surface area contributed by atoms with E-state index >= 15 is 0 Å². The van der Waals surface area contributed by atoms with E-state index in [1.807, 2.05) is 0 Å². The van der Waals surface area contributed by atoms with Gasteiger partial charge in [-0.2, -0.15) is 0 Å². The van der Waals surface area contributed by atoms with Gasteiger partial charge in [0.25, 0.3) is 0 Å². The van der Waals surface area contributed by atoms with Crippen molar-refractivity contribution >= 4 is 71.3 Å². The molecule has 0 fully saturated rings. The van der Waals surface area contributed by atoms with Crippen LogP contribution in [0.15, 0.2) is 192 Å². The van der Waals surface area contributed by atoms with Gasteiger partial charge >= 0.3 is 0 Å². The van der Waals surface area contributed by atoms with Gasteiger partial charge in [-0.05, 0) is 91.5 Å². The molecule has 0 aliphatic carbocycles. The predicted octanol–water partition coefficient (Wildman–Crippen LogP) is 13.8. The summed E-state index contributed by atoms with van der Waals surface area (Å²) in [6.45, 7) is 0. The molecule has 1 aromatic heterocycles. The molecule has 1 heterocycles. The minimum absolute atomic E-state index is 0.237. The van der Waals surface area contributed by atoms with Gasteiger partial charge in [-0.15, -0.1) is 0 Å². The number of furan rings is 1. The molecule has 0 aliphatic heterocycles. The summed E-state index contributed by atoms with van der Waals surface area (Å²) in [5, 5.41) is -2.05. The third kappa shape index (κ3) is 4.57. The van der Waals surface area contributed by atoms with Crippen molar-refractivity contribution in [1.82, 2.24) is 0 Å². The number of hydrogen-bond donors (Lipinski definition) is 0. The Kier molecular flexibility index (Phi) is 3.07. The molecule has 0 saturated carbocycles. The lowest BCUT2D eigenvalue weighted by atomic mass is 9.97. The van der Waals surface area contributed by atoms with E-state index in [9.17, 15) is 13.7 Å². The van der Waals surface area contributed by atoms with Crippen LogP contribution in [-0.2, 0) is 0 Å². The van der Waals surface area contributed by atoms with Crippen molar-refractivity contribution < 1.29 is 37.3 Å². The molecule has 10 aromatic rings. The van der Waals surface area contributed by atoms with E-state index in [4.69, 9.17) is 23.6 Å². The molecule has 2 nitrogen and oxygen atoms in total. The Bertz CT molecular complexity index is 4190. The molecule has 0 saturated heterocycles. The minimum Gasteiger partial charge on any atom is -0.455 e. The quantitative estimate of drug-likeness (QED) is 0.182. The summed E-state index contributed by atoms with van der Waals surface area (Å²) in [5.74, 6) is 0. The Labute approximate surface area is 323 Å². The molecule has 2 heteroatoms. The van der Waals surface area contributed by atoms with Crippen LogP contribution in [0.1, 0.15) is 32.9 Å². The second-order valence-electron chi connectivity index (χ2n) is 11.0. The van der Waals surface area contributed by atoms with Crippen molar-refractivity contribution in [2.24, 2.45) is 0 Å². The third-order valence-electron chi connectivity index (χ3n) is 8.24. The Morgan fingerprint density at radius 1 is 0.420 bits per heavy atom. The van der Waals surface area contributed by atoms with Gasteiger partial charge in [-0.25, -0.2) is 0 Å². The van der Waals surface area contributed by atoms with Gasteiger partial charge in [0.05, 0.1) is 44.0 Å². The molecule has 0 aliphatic rings. The highest BCUT2D eigenvalue weighted by Crippen LogP contribution is 2.45. The molecule has 234 valence electrons. The number of rotatable bonds is 5. The average Bonchev–Trinajstić information content (AvgIpc) is 3.78. The highest BCUT2D eigenvalue weighted by atomic mass is 16.3. The van der Waals surface area contributed by atoms with Crippen LogP contribution in [0.25, 0.3) is 76.5 Å². The second-order valence-corrected chi connectivity index (χ2v) is 11.0. The topological polar surface area (TPSA) is 16.4 Å². The molecule has 0 unspecified atom stereocenters. The van der Waals surface area contributed by atoms with Crippen molar-refractivity contribution in [2.75, 3.05) is 4.90 Å². The number of benzene rings is 9. The number of hydrogen-bond acceptors (Lipinski definition) is 2. The third-order valence-corrected chi connectivity index (χ3v) is 8.24. The summed E-state index contributed by atoms with van der Waals surface area (Å²) in [6, 6.07) is -9.39. The largest absolute Gasteiger partial charge is 0.455 e. The lowest BCUT2D eigenvalue weighted by Gasteiger charge is -2.27. The molecule has 50 heavy (non-hydrogen) atoms. The van der Waals surface area contributed by atoms with Gasteiger partial charge in [0.1, 0.15) is 11.2 Å². The molecule has 0 amide bonds. The average molecular weight is 662 g/mol. The number of anilines is 3. The van der Waals surface area contributed by atoms with Crippen molar-refractivity contribution in [1.29, 1.82) is 0 Å². The van der Waals surface area contributed by atoms with E-state index < -0.39 is 217 Å². The van der Waals surface area contributed by atoms with Crippen molar-refractivity contribution in [3.8, 4) is 22.3 Å². The zero-order valence-electron chi connectivity index (χ0n) is 49.4. The van der Waals surface area contributed by atoms with Gasteiger partial charge in [0, 0.05) is 22.1 Å². The van der Waals surface area contributed by atoms with E-state index in [1.165, 1.54) is 0 Å². The maximum atomic E-state index is 9.73. The first-order valence-corrected chi connectivity index (χ1v) is 15.2. The maximum absolute atomic E-state index is 9.73. The lowest BCUT2D eigenvalue weighted by molar-refractivity contribution is 0.672. The molecule has 0 spiro atoms. The summed E-state index contributed by atoms with van der Waals surface area (Å²) in [5.41, 5.74) is -5.44. The molecule has 0 radical (unpaired) electrons. The SMILES string of the molecule is [2H]c1c([2H])c(N(c2c([2H])c([2H])c(-c3c([2H])c([2H])c([2H])c4c([2H])c([2H])c([2H])c([2H])c34)c([2H])c2[2H])c2c([2H])c([2H])c([2H])c3oc4c5c([2H])c([2H])c([2H])c([2H])c5c([2H])c([2H])c4c23)c([2H])c([2H])c1-c1cccc2ccccc12. The second kappa shape index (κ2) is 11.5. The fraction of sp³-hybridized carbons (Fsp3) is 0. The van der Waals surface area contributed by atoms with Gasteiger partial charge < -0.3 is 9.32 Å². The van der Waals surface area contributed by atoms with E-state index in [1.54, 1.807) is 42.5 Å². The van der Waals surface area contributed by atoms with Gasteiger partial charge in [-0.1, -0.05) is 145 Å². The molecular weight excluding hydrogens is 607 g/mol. The van der Waals surface area contributed by atoms with Crippen LogP contribution in [-0.4, -0.2) is 0 Å². The molecule has 0 atom stereocenters. The zero-order chi connectivity index (χ0) is 53.9. The van der Waals surface area contributed by atoms with E-state index in [-0.39, 0.29) is 11.1 Å². The first-order valence-electron chi connectivity index (χ1n) is 27.2. The summed E-state index contributed by atoms with van der Waals surface area (Å²) in [4.78, 5) is 0.595. The molecule has 9 aromatic carbocycles. The van der Waals surface area contributed by atoms with Gasteiger partial charge in [-0.3, -0.25) is 0 Å². The molecular formula is C48H31NO. The van der Waals surface area contributed by atoms with Crippen LogP contribution in [0.5, 0.6) is 0 Å². The summed E-state index contributed by atoms with van der Waals surface area (Å²) < 4.78 is 224. The highest BCUT2D eigenvalue weighted by molar-refractivity contribution is 6.19. The number of fused-ring (bicyclic) bond motifs is 7. The highest BCUT2D eigenvalue weighted by Gasteiger charge is 2.21. The van der Waals surface area contributed by atoms with Crippen LogP contribution in [0, 0.1) is 0 Å². The fourth-order valence-electron chi connectivity index (χ4n) is 5.99. The van der Waals surface area contributed by atoms with Gasteiger partial charge in [0.2, 0.25) is 0 Å². The Hall–Kier alpha value is -6.64. The number of nitrogens with zero attached hydrogens (tertiary/aromatic N) is 1. The van der Waals surface area contributed by atoms with E-state index in [2.05, 4.69) is 0 Å². The van der Waals surface area contributed by atoms with Gasteiger partial charge in [0.15, 0.2) is 0 Å². The fourth-order valence-corrected chi connectivity index (χ4v) is 5.99. The van der Waals surface area contributed by atoms with E-state index in [0.717, 1.165) is 0 Å². The van der Waals surface area contributed by atoms with E-state index in [0.29, 0.717) is 15.7 Å². The maximum Gasteiger partial charge on any atom is 0.143 e. The smallest absolute Gasteiger partial charge is 0.143 e. The molecule has 10 rings (SSSR count). The van der Waals surface area contributed by atoms with Crippen molar-refractivity contribution in [3.05, 3.63) is 187 Å². The first-order chi connectivity index (χ1) is 34.8. The summed E-state index contributed by atoms with van der Waals surface area (Å²) in [6.07, 6.45) is 0. The predicted molar refractivity (Wildman–Crippen MR) is 212 cm³/mol. The monoisotopic (exact) mass is 661 g/mol. The van der Waals surface area contributed by atoms with Crippen LogP contribution in [0.2, 0.25) is 0 Å². The minimum atomic E-state index is -1.14. The van der Waals surface area contributed by atoms with Crippen LogP contribution in [0.4, 0.5) is 17.1 Å². The Morgan fingerprint density at radius 3 is 1.86 bits per heavy atom. The van der Waals surface area contributed by atoms with Crippen LogP contribution >= 0.6 is 0 Å². The zero-order valence-corrected chi connectivity index (χ0v) is 25.4.